The SMILES string of the molecule is CC(C)(C)C[C@]1(c2ccc(-c3cnn(C(F)F)c3)cc2)N=C(N)N([C@H](COC(=O)NC(C)(C)C(F)(F)F)c2ccc(Cl)c(N3N=CN=CC3(F)F)c2)C1=O. The van der Waals surface area contributed by atoms with Crippen molar-refractivity contribution in [1.82, 2.24) is 20.0 Å². The number of benzene rings is 2. The summed E-state index contributed by atoms with van der Waals surface area (Å²) in [6.45, 7) is 3.25. The topological polar surface area (TPSA) is 143 Å². The monoisotopic (exact) mass is 785 g/mol. The zero-order valence-corrected chi connectivity index (χ0v) is 30.1. The third kappa shape index (κ3) is 8.00. The van der Waals surface area contributed by atoms with Gasteiger partial charge in [-0.1, -0.05) is 62.7 Å². The van der Waals surface area contributed by atoms with E-state index in [-0.39, 0.29) is 33.7 Å². The first-order valence-corrected chi connectivity index (χ1v) is 16.5. The first-order chi connectivity index (χ1) is 25.0. The maximum absolute atomic E-state index is 14.9. The Hall–Kier alpha value is -5.20. The smallest absolute Gasteiger partial charge is 0.411 e. The van der Waals surface area contributed by atoms with Crippen molar-refractivity contribution in [2.45, 2.75) is 76.9 Å². The summed E-state index contributed by atoms with van der Waals surface area (Å²) in [5, 5.41) is 9.07. The largest absolute Gasteiger partial charge is 0.447 e. The molecule has 12 nitrogen and oxygen atoms in total. The van der Waals surface area contributed by atoms with Crippen LogP contribution in [0.3, 0.4) is 0 Å². The molecule has 2 aliphatic rings. The van der Waals surface area contributed by atoms with Crippen molar-refractivity contribution in [3.05, 3.63) is 71.0 Å². The number of nitrogens with one attached hydrogen (secondary N) is 1. The van der Waals surface area contributed by atoms with Gasteiger partial charge in [0.15, 0.2) is 11.5 Å². The standard InChI is InChI=1S/C34H35ClF7N9O3/c1-30(2,3)16-32(22-9-6-19(7-10-22)21-13-45-49(14-21)27(36)37)26(52)50(28(43)47-32)25(15-54-29(53)48-31(4,5)34(40,41)42)20-8-11-23(35)24(12-20)51-33(38,39)17-44-18-46-51/h6-14,17-18,25,27H,15-16H2,1-5H3,(H2,43,47)(H,48,53)/t25-,32-/m1/s1. The van der Waals surface area contributed by atoms with Gasteiger partial charge < -0.3 is 15.8 Å². The minimum absolute atomic E-state index is 0.00948. The van der Waals surface area contributed by atoms with Crippen LogP contribution in [-0.2, 0) is 15.1 Å². The molecule has 0 saturated heterocycles. The summed E-state index contributed by atoms with van der Waals surface area (Å²) < 4.78 is 103. The number of hydrogen-bond acceptors (Lipinski definition) is 9. The fraction of sp³-hybridized carbons (Fsp3) is 0.412. The van der Waals surface area contributed by atoms with Crippen molar-refractivity contribution in [3.8, 4) is 11.1 Å². The Labute approximate surface area is 309 Å². The third-order valence-electron chi connectivity index (χ3n) is 8.54. The summed E-state index contributed by atoms with van der Waals surface area (Å²) in [4.78, 5) is 36.6. The number of nitrogens with zero attached hydrogens (tertiary/aromatic N) is 7. The molecule has 0 unspecified atom stereocenters. The molecule has 2 amide bonds. The van der Waals surface area contributed by atoms with Gasteiger partial charge in [0.05, 0.1) is 29.2 Å². The molecular weight excluding hydrogens is 751 g/mol. The second kappa shape index (κ2) is 14.2. The van der Waals surface area contributed by atoms with Gasteiger partial charge in [0.1, 0.15) is 18.5 Å². The van der Waals surface area contributed by atoms with Gasteiger partial charge in [0.25, 0.3) is 5.91 Å². The molecule has 0 fully saturated rings. The number of carbonyl (C=O) groups is 2. The molecular formula is C34H35ClF7N9O3. The number of carbonyl (C=O) groups excluding carboxylic acids is 2. The second-order valence-corrected chi connectivity index (χ2v) is 14.7. The molecule has 0 aliphatic carbocycles. The molecule has 290 valence electrons. The lowest BCUT2D eigenvalue weighted by molar-refractivity contribution is -0.183. The van der Waals surface area contributed by atoms with Crippen LogP contribution in [0.15, 0.2) is 69.9 Å². The van der Waals surface area contributed by atoms with E-state index in [2.05, 4.69) is 20.2 Å². The molecule has 0 saturated carbocycles. The fourth-order valence-electron chi connectivity index (χ4n) is 5.90. The normalized spacial score (nSPS) is 19.4. The number of aliphatic imine (C=N–C) groups is 2. The van der Waals surface area contributed by atoms with E-state index in [0.29, 0.717) is 41.4 Å². The molecule has 3 aromatic rings. The molecule has 0 spiro atoms. The summed E-state index contributed by atoms with van der Waals surface area (Å²) in [5.41, 5.74) is 2.27. The average Bonchev–Trinajstić information content (AvgIpc) is 3.64. The third-order valence-corrected chi connectivity index (χ3v) is 8.86. The predicted molar refractivity (Wildman–Crippen MR) is 186 cm³/mol. The Morgan fingerprint density at radius 2 is 1.70 bits per heavy atom. The molecule has 0 radical (unpaired) electrons. The lowest BCUT2D eigenvalue weighted by Gasteiger charge is -2.35. The molecule has 3 heterocycles. The van der Waals surface area contributed by atoms with Crippen molar-refractivity contribution >= 4 is 47.8 Å². The Balaban J connectivity index is 1.58. The van der Waals surface area contributed by atoms with Gasteiger partial charge >= 0.3 is 24.9 Å². The number of ether oxygens (including phenoxy) is 1. The highest BCUT2D eigenvalue weighted by Gasteiger charge is 2.54. The van der Waals surface area contributed by atoms with E-state index < -0.39 is 59.9 Å². The number of anilines is 1. The van der Waals surface area contributed by atoms with Gasteiger partial charge in [-0.25, -0.2) is 19.5 Å². The number of amides is 2. The van der Waals surface area contributed by atoms with E-state index in [1.165, 1.54) is 18.3 Å². The number of alkyl carbamates (subject to hydrolysis) is 1. The van der Waals surface area contributed by atoms with Crippen molar-refractivity contribution in [1.29, 1.82) is 0 Å². The molecule has 3 N–H and O–H groups in total. The van der Waals surface area contributed by atoms with Gasteiger partial charge in [-0.3, -0.25) is 9.69 Å². The molecule has 2 aromatic carbocycles. The van der Waals surface area contributed by atoms with E-state index in [1.54, 1.807) is 29.6 Å². The molecule has 20 heteroatoms. The number of aromatic nitrogens is 2. The molecule has 0 bridgehead atoms. The Bertz CT molecular complexity index is 1990. The van der Waals surface area contributed by atoms with Crippen LogP contribution < -0.4 is 16.1 Å². The van der Waals surface area contributed by atoms with Crippen LogP contribution >= 0.6 is 11.6 Å². The van der Waals surface area contributed by atoms with Crippen LogP contribution in [-0.4, -0.2) is 69.6 Å². The minimum Gasteiger partial charge on any atom is -0.447 e. The molecule has 2 aliphatic heterocycles. The van der Waals surface area contributed by atoms with Crippen LogP contribution in [0.5, 0.6) is 0 Å². The maximum Gasteiger partial charge on any atom is 0.411 e. The van der Waals surface area contributed by atoms with E-state index in [1.807, 2.05) is 20.8 Å². The lowest BCUT2D eigenvalue weighted by atomic mass is 9.75. The van der Waals surface area contributed by atoms with E-state index in [0.717, 1.165) is 23.5 Å². The first-order valence-electron chi connectivity index (χ1n) is 16.1. The zero-order chi connectivity index (χ0) is 40.0. The quantitative estimate of drug-likeness (QED) is 0.160. The summed E-state index contributed by atoms with van der Waals surface area (Å²) in [6, 6.07) is 4.76. The van der Waals surface area contributed by atoms with Crippen LogP contribution in [0.2, 0.25) is 5.02 Å². The van der Waals surface area contributed by atoms with Gasteiger partial charge in [-0.05, 0) is 54.5 Å². The Morgan fingerprint density at radius 3 is 2.28 bits per heavy atom. The van der Waals surface area contributed by atoms with Gasteiger partial charge in [-0.15, -0.1) is 0 Å². The number of guanidine groups is 1. The molecule has 5 rings (SSSR count). The summed E-state index contributed by atoms with van der Waals surface area (Å²) >= 11 is 6.33. The molecule has 54 heavy (non-hydrogen) atoms. The molecule has 2 atom stereocenters. The number of hydrazone groups is 1. The highest BCUT2D eigenvalue weighted by Crippen LogP contribution is 2.46. The highest BCUT2D eigenvalue weighted by molar-refractivity contribution is 6.33. The van der Waals surface area contributed by atoms with Crippen LogP contribution in [0.1, 0.15) is 64.8 Å². The van der Waals surface area contributed by atoms with Crippen molar-refractivity contribution < 1.29 is 45.1 Å². The lowest BCUT2D eigenvalue weighted by Crippen LogP contribution is -2.54. The van der Waals surface area contributed by atoms with E-state index >= 15 is 0 Å². The fourth-order valence-corrected chi connectivity index (χ4v) is 6.10. The molecule has 1 aromatic heterocycles. The van der Waals surface area contributed by atoms with Crippen molar-refractivity contribution in [2.75, 3.05) is 11.6 Å². The predicted octanol–water partition coefficient (Wildman–Crippen LogP) is 7.62. The number of rotatable bonds is 10. The van der Waals surface area contributed by atoms with E-state index in [9.17, 15) is 40.3 Å². The zero-order valence-electron chi connectivity index (χ0n) is 29.4. The highest BCUT2D eigenvalue weighted by atomic mass is 35.5. The minimum atomic E-state index is -4.87. The number of halogens is 8. The van der Waals surface area contributed by atoms with Gasteiger partial charge in [0.2, 0.25) is 0 Å². The maximum atomic E-state index is 14.9. The van der Waals surface area contributed by atoms with Crippen LogP contribution in [0.4, 0.5) is 41.2 Å². The summed E-state index contributed by atoms with van der Waals surface area (Å²) in [5.74, 6) is -1.14. The van der Waals surface area contributed by atoms with Gasteiger partial charge in [-0.2, -0.15) is 45.9 Å². The average molecular weight is 786 g/mol. The Morgan fingerprint density at radius 1 is 1.04 bits per heavy atom. The van der Waals surface area contributed by atoms with Crippen LogP contribution in [0, 0.1) is 5.41 Å². The number of nitrogens with two attached hydrogens (primary N) is 1. The number of alkyl halides is 7. The van der Waals surface area contributed by atoms with Gasteiger partial charge in [0, 0.05) is 11.8 Å². The van der Waals surface area contributed by atoms with E-state index in [4.69, 9.17) is 22.1 Å². The Kier molecular flexibility index (Phi) is 10.5. The van der Waals surface area contributed by atoms with Crippen molar-refractivity contribution in [3.63, 3.8) is 0 Å². The van der Waals surface area contributed by atoms with Crippen LogP contribution in [0.25, 0.3) is 11.1 Å². The first kappa shape index (κ1) is 40.0. The number of hydrogen-bond donors (Lipinski definition) is 2. The second-order valence-electron chi connectivity index (χ2n) is 14.3. The van der Waals surface area contributed by atoms with Crippen molar-refractivity contribution in [2.24, 2.45) is 26.2 Å². The summed E-state index contributed by atoms with van der Waals surface area (Å²) in [6.07, 6.45) is -2.76. The summed E-state index contributed by atoms with van der Waals surface area (Å²) in [7, 11) is 0.